The van der Waals surface area contributed by atoms with Gasteiger partial charge in [-0.15, -0.1) is 0 Å². The molecule has 0 saturated carbocycles. The number of anilines is 1. The minimum absolute atomic E-state index is 0.0355. The zero-order valence-corrected chi connectivity index (χ0v) is 22.6. The molecule has 0 aliphatic carbocycles. The molecule has 0 atom stereocenters. The lowest BCUT2D eigenvalue weighted by atomic mass is 10.2. The van der Waals surface area contributed by atoms with Crippen LogP contribution in [0.25, 0.3) is 5.69 Å². The maximum atomic E-state index is 13.4. The number of nitro groups is 1. The number of para-hydroxylation sites is 1. The number of non-ortho nitro benzene ring substituents is 1. The van der Waals surface area contributed by atoms with Gasteiger partial charge < -0.3 is 4.57 Å². The predicted octanol–water partition coefficient (Wildman–Crippen LogP) is 5.00. The van der Waals surface area contributed by atoms with Gasteiger partial charge in [0.1, 0.15) is 6.54 Å². The highest BCUT2D eigenvalue weighted by Crippen LogP contribution is 2.27. The number of halogens is 1. The van der Waals surface area contributed by atoms with Crippen molar-refractivity contribution in [3.05, 3.63) is 117 Å². The summed E-state index contributed by atoms with van der Waals surface area (Å²) in [7, 11) is -4.17. The summed E-state index contributed by atoms with van der Waals surface area (Å²) in [5, 5.41) is 15.7. The maximum Gasteiger partial charge on any atom is 0.269 e. The predicted molar refractivity (Wildman–Crippen MR) is 150 cm³/mol. The van der Waals surface area contributed by atoms with E-state index in [2.05, 4.69) is 10.5 Å². The van der Waals surface area contributed by atoms with Crippen LogP contribution in [0.3, 0.4) is 0 Å². The number of hydrogen-bond acceptors (Lipinski definition) is 6. The van der Waals surface area contributed by atoms with Crippen molar-refractivity contribution >= 4 is 45.1 Å². The van der Waals surface area contributed by atoms with Crippen LogP contribution in [0, 0.1) is 24.0 Å². The fourth-order valence-electron chi connectivity index (χ4n) is 4.04. The van der Waals surface area contributed by atoms with Crippen LogP contribution in [0.2, 0.25) is 5.02 Å². The van der Waals surface area contributed by atoms with Crippen LogP contribution in [-0.2, 0) is 14.8 Å². The van der Waals surface area contributed by atoms with Gasteiger partial charge in [-0.3, -0.25) is 19.2 Å². The summed E-state index contributed by atoms with van der Waals surface area (Å²) in [6.07, 6.45) is 1.47. The van der Waals surface area contributed by atoms with Crippen LogP contribution >= 0.6 is 11.6 Å². The van der Waals surface area contributed by atoms with Gasteiger partial charge in [-0.1, -0.05) is 41.9 Å². The number of carbonyl (C=O) groups is 1. The Morgan fingerprint density at radius 3 is 2.33 bits per heavy atom. The second-order valence-corrected chi connectivity index (χ2v) is 10.8. The van der Waals surface area contributed by atoms with Crippen molar-refractivity contribution in [3.8, 4) is 5.69 Å². The summed E-state index contributed by atoms with van der Waals surface area (Å²) >= 11 is 6.36. The maximum absolute atomic E-state index is 13.4. The molecule has 3 aromatic carbocycles. The smallest absolute Gasteiger partial charge is 0.269 e. The average Bonchev–Trinajstić information content (AvgIpc) is 3.20. The molecule has 10 nitrogen and oxygen atoms in total. The Morgan fingerprint density at radius 1 is 1.05 bits per heavy atom. The Balaban J connectivity index is 1.56. The SMILES string of the molecule is Cc1cc(/C=N\NC(=O)CN(c2ccc([N+](=O)[O-])cc2)S(=O)(=O)c2ccccc2)c(C)n1-c1ccccc1Cl. The Kier molecular flexibility index (Phi) is 8.12. The molecule has 12 heteroatoms. The molecule has 0 saturated heterocycles. The molecular weight excluding hydrogens is 542 g/mol. The van der Waals surface area contributed by atoms with Gasteiger partial charge in [-0.2, -0.15) is 5.10 Å². The van der Waals surface area contributed by atoms with Gasteiger partial charge in [0, 0.05) is 29.1 Å². The van der Waals surface area contributed by atoms with E-state index in [1.54, 1.807) is 24.3 Å². The first-order valence-corrected chi connectivity index (χ1v) is 13.5. The van der Waals surface area contributed by atoms with Gasteiger partial charge in [-0.25, -0.2) is 13.8 Å². The van der Waals surface area contributed by atoms with Crippen LogP contribution in [0.5, 0.6) is 0 Å². The highest BCUT2D eigenvalue weighted by atomic mass is 35.5. The van der Waals surface area contributed by atoms with E-state index in [-0.39, 0.29) is 16.3 Å². The molecule has 39 heavy (non-hydrogen) atoms. The topological polar surface area (TPSA) is 127 Å². The number of nitro benzene ring substituents is 1. The number of carbonyl (C=O) groups excluding carboxylic acids is 1. The van der Waals surface area contributed by atoms with Gasteiger partial charge in [0.25, 0.3) is 21.6 Å². The number of benzene rings is 3. The summed E-state index contributed by atoms with van der Waals surface area (Å²) in [5.74, 6) is -0.705. The standard InChI is InChI=1S/C27H24ClN5O5S/c1-19-16-21(20(2)32(19)26-11-7-6-10-25(26)28)17-29-30-27(34)18-31(22-12-14-23(15-13-22)33(35)36)39(37,38)24-8-4-3-5-9-24/h3-17H,18H2,1-2H3,(H,30,34)/b29-17-. The fourth-order valence-corrected chi connectivity index (χ4v) is 5.70. The number of nitrogens with one attached hydrogen (secondary N) is 1. The van der Waals surface area contributed by atoms with Crippen LogP contribution in [0.1, 0.15) is 17.0 Å². The van der Waals surface area contributed by atoms with Crippen molar-refractivity contribution < 1.29 is 18.1 Å². The molecule has 4 aromatic rings. The van der Waals surface area contributed by atoms with E-state index in [1.165, 1.54) is 42.6 Å². The lowest BCUT2D eigenvalue weighted by Gasteiger charge is -2.23. The zero-order valence-electron chi connectivity index (χ0n) is 21.0. The second kappa shape index (κ2) is 11.5. The number of amides is 1. The van der Waals surface area contributed by atoms with Crippen molar-refractivity contribution in [3.63, 3.8) is 0 Å². The second-order valence-electron chi connectivity index (χ2n) is 8.50. The van der Waals surface area contributed by atoms with Gasteiger partial charge >= 0.3 is 0 Å². The quantitative estimate of drug-likeness (QED) is 0.173. The van der Waals surface area contributed by atoms with Crippen LogP contribution in [0.15, 0.2) is 94.9 Å². The Hall–Kier alpha value is -4.48. The first kappa shape index (κ1) is 27.6. The van der Waals surface area contributed by atoms with E-state index < -0.39 is 27.4 Å². The molecule has 0 radical (unpaired) electrons. The number of nitrogens with zero attached hydrogens (tertiary/aromatic N) is 4. The van der Waals surface area contributed by atoms with E-state index in [1.807, 2.05) is 42.7 Å². The Morgan fingerprint density at radius 2 is 1.69 bits per heavy atom. The van der Waals surface area contributed by atoms with Crippen molar-refractivity contribution in [1.29, 1.82) is 0 Å². The molecule has 200 valence electrons. The van der Waals surface area contributed by atoms with Crippen molar-refractivity contribution in [2.45, 2.75) is 18.7 Å². The highest BCUT2D eigenvalue weighted by molar-refractivity contribution is 7.92. The lowest BCUT2D eigenvalue weighted by molar-refractivity contribution is -0.384. The minimum atomic E-state index is -4.17. The van der Waals surface area contributed by atoms with Crippen molar-refractivity contribution in [2.24, 2.45) is 5.10 Å². The van der Waals surface area contributed by atoms with E-state index >= 15 is 0 Å². The summed E-state index contributed by atoms with van der Waals surface area (Å²) < 4.78 is 29.6. The highest BCUT2D eigenvalue weighted by Gasteiger charge is 2.27. The van der Waals surface area contributed by atoms with Crippen molar-refractivity contribution in [1.82, 2.24) is 9.99 Å². The summed E-state index contributed by atoms with van der Waals surface area (Å²) in [4.78, 5) is 23.2. The van der Waals surface area contributed by atoms with Crippen LogP contribution in [-0.4, -0.2) is 36.6 Å². The molecular formula is C27H24ClN5O5S. The molecule has 0 aliphatic heterocycles. The van der Waals surface area contributed by atoms with E-state index in [9.17, 15) is 23.3 Å². The first-order valence-electron chi connectivity index (χ1n) is 11.7. The molecule has 4 rings (SSSR count). The Bertz CT molecular complexity index is 1650. The fraction of sp³-hybridized carbons (Fsp3) is 0.111. The first-order chi connectivity index (χ1) is 18.6. The number of aryl methyl sites for hydroxylation is 1. The molecule has 1 aromatic heterocycles. The minimum Gasteiger partial charge on any atom is -0.316 e. The summed E-state index contributed by atoms with van der Waals surface area (Å²) in [6.45, 7) is 3.20. The van der Waals surface area contributed by atoms with Gasteiger partial charge in [0.15, 0.2) is 0 Å². The van der Waals surface area contributed by atoms with E-state index in [0.29, 0.717) is 5.02 Å². The number of hydrogen-bond donors (Lipinski definition) is 1. The van der Waals surface area contributed by atoms with E-state index in [0.717, 1.165) is 26.9 Å². The lowest BCUT2D eigenvalue weighted by Crippen LogP contribution is -2.39. The van der Waals surface area contributed by atoms with Crippen molar-refractivity contribution in [2.75, 3.05) is 10.8 Å². The Labute approximate surface area is 230 Å². The van der Waals surface area contributed by atoms with Crippen LogP contribution < -0.4 is 9.73 Å². The number of hydrazone groups is 1. The molecule has 0 unspecified atom stereocenters. The van der Waals surface area contributed by atoms with Gasteiger partial charge in [0.2, 0.25) is 0 Å². The molecule has 0 fully saturated rings. The molecule has 0 spiro atoms. The molecule has 0 aliphatic rings. The largest absolute Gasteiger partial charge is 0.316 e. The monoisotopic (exact) mass is 565 g/mol. The van der Waals surface area contributed by atoms with E-state index in [4.69, 9.17) is 11.6 Å². The average molecular weight is 566 g/mol. The molecule has 0 bridgehead atoms. The van der Waals surface area contributed by atoms with Gasteiger partial charge in [-0.05, 0) is 56.3 Å². The summed E-state index contributed by atoms with van der Waals surface area (Å²) in [6, 6.07) is 21.8. The number of aromatic nitrogens is 1. The zero-order chi connectivity index (χ0) is 28.2. The van der Waals surface area contributed by atoms with Crippen LogP contribution in [0.4, 0.5) is 11.4 Å². The summed E-state index contributed by atoms with van der Waals surface area (Å²) in [5.41, 5.74) is 5.55. The third-order valence-corrected chi connectivity index (χ3v) is 8.03. The number of rotatable bonds is 9. The third-order valence-electron chi connectivity index (χ3n) is 5.92. The molecule has 1 heterocycles. The third kappa shape index (κ3) is 6.00. The normalized spacial score (nSPS) is 11.5. The van der Waals surface area contributed by atoms with Gasteiger partial charge in [0.05, 0.1) is 32.4 Å². The number of sulfonamides is 1. The molecule has 1 N–H and O–H groups in total. The molecule has 1 amide bonds.